The molecule has 0 spiro atoms. The summed E-state index contributed by atoms with van der Waals surface area (Å²) in [5.74, 6) is 0.551. The molecule has 0 radical (unpaired) electrons. The van der Waals surface area contributed by atoms with Crippen LogP contribution >= 0.6 is 0 Å². The first kappa shape index (κ1) is 11.3. The quantitative estimate of drug-likeness (QED) is 0.691. The molecule has 0 amide bonds. The van der Waals surface area contributed by atoms with E-state index in [9.17, 15) is 0 Å². The molecule has 0 bridgehead atoms. The van der Waals surface area contributed by atoms with Crippen molar-refractivity contribution in [1.82, 2.24) is 4.90 Å². The minimum atomic E-state index is 0.551. The van der Waals surface area contributed by atoms with Crippen molar-refractivity contribution in [3.63, 3.8) is 0 Å². The Balaban J connectivity index is 2.29. The zero-order valence-electron chi connectivity index (χ0n) is 10.4. The molecule has 1 aromatic rings. The number of hydrogen-bond donors (Lipinski definition) is 0. The Morgan fingerprint density at radius 1 is 1.19 bits per heavy atom. The van der Waals surface area contributed by atoms with Gasteiger partial charge in [-0.1, -0.05) is 24.3 Å². The van der Waals surface area contributed by atoms with E-state index in [1.165, 1.54) is 11.1 Å². The first-order valence-electron chi connectivity index (χ1n) is 5.88. The van der Waals surface area contributed by atoms with Crippen LogP contribution in [0.25, 0.3) is 0 Å². The third-order valence-corrected chi connectivity index (χ3v) is 3.50. The largest absolute Gasteiger partial charge is 0.305 e. The van der Waals surface area contributed by atoms with Crippen LogP contribution in [0.3, 0.4) is 0 Å². The van der Waals surface area contributed by atoms with Crippen molar-refractivity contribution in [2.45, 2.75) is 18.9 Å². The summed E-state index contributed by atoms with van der Waals surface area (Å²) in [7, 11) is 6.19. The highest BCUT2D eigenvalue weighted by Crippen LogP contribution is 2.27. The van der Waals surface area contributed by atoms with Gasteiger partial charge in [-0.05, 0) is 38.1 Å². The number of fused-ring (bicyclic) bond motifs is 1. The third-order valence-electron chi connectivity index (χ3n) is 3.50. The Morgan fingerprint density at radius 3 is 2.38 bits per heavy atom. The molecule has 1 unspecified atom stereocenters. The molecule has 16 heavy (non-hydrogen) atoms. The van der Waals surface area contributed by atoms with Crippen LogP contribution in [0.4, 0.5) is 0 Å². The Labute approximate surface area is 98.0 Å². The lowest BCUT2D eigenvalue weighted by molar-refractivity contribution is 0.237. The van der Waals surface area contributed by atoms with Gasteiger partial charge in [0.2, 0.25) is 0 Å². The van der Waals surface area contributed by atoms with Gasteiger partial charge in [-0.15, -0.1) is 0 Å². The van der Waals surface area contributed by atoms with Gasteiger partial charge in [0.15, 0.2) is 0 Å². The van der Waals surface area contributed by atoms with Gasteiger partial charge in [-0.3, -0.25) is 0 Å². The van der Waals surface area contributed by atoms with Gasteiger partial charge in [-0.25, -0.2) is 0 Å². The highest BCUT2D eigenvalue weighted by Gasteiger charge is 2.28. The second kappa shape index (κ2) is 4.79. The summed E-state index contributed by atoms with van der Waals surface area (Å²) < 4.78 is 0. The molecule has 0 fully saturated rings. The second-order valence-electron chi connectivity index (χ2n) is 4.78. The molecule has 0 aliphatic heterocycles. The molecule has 2 heteroatoms. The monoisotopic (exact) mass is 216 g/mol. The fourth-order valence-corrected chi connectivity index (χ4v) is 2.63. The SMILES string of the molecule is CN=CC1Cc2ccccc2C[C@@H]1N(C)C. The van der Waals surface area contributed by atoms with E-state index in [0.29, 0.717) is 12.0 Å². The summed E-state index contributed by atoms with van der Waals surface area (Å²) in [6.07, 6.45) is 4.37. The molecule has 2 atom stereocenters. The molecule has 1 aromatic carbocycles. The van der Waals surface area contributed by atoms with Gasteiger partial charge in [0.25, 0.3) is 0 Å². The molecule has 1 aliphatic rings. The van der Waals surface area contributed by atoms with Crippen molar-refractivity contribution in [2.24, 2.45) is 10.9 Å². The van der Waals surface area contributed by atoms with E-state index in [1.807, 2.05) is 7.05 Å². The summed E-state index contributed by atoms with van der Waals surface area (Å²) in [5, 5.41) is 0. The molecule has 0 saturated carbocycles. The van der Waals surface area contributed by atoms with Gasteiger partial charge >= 0.3 is 0 Å². The van der Waals surface area contributed by atoms with Crippen LogP contribution in [0.2, 0.25) is 0 Å². The first-order chi connectivity index (χ1) is 7.72. The lowest BCUT2D eigenvalue weighted by Gasteiger charge is -2.35. The molecule has 0 N–H and O–H groups in total. The molecular weight excluding hydrogens is 196 g/mol. The second-order valence-corrected chi connectivity index (χ2v) is 4.78. The Hall–Kier alpha value is -1.15. The first-order valence-corrected chi connectivity index (χ1v) is 5.88. The summed E-state index contributed by atoms with van der Waals surface area (Å²) >= 11 is 0. The van der Waals surface area contributed by atoms with E-state index in [-0.39, 0.29) is 0 Å². The summed E-state index contributed by atoms with van der Waals surface area (Å²) in [5.41, 5.74) is 2.99. The predicted molar refractivity (Wildman–Crippen MR) is 69.2 cm³/mol. The van der Waals surface area contributed by atoms with Gasteiger partial charge in [0.1, 0.15) is 0 Å². The van der Waals surface area contributed by atoms with E-state index < -0.39 is 0 Å². The van der Waals surface area contributed by atoms with E-state index in [2.05, 4.69) is 54.5 Å². The molecule has 0 heterocycles. The molecular formula is C14H20N2. The van der Waals surface area contributed by atoms with Crippen molar-refractivity contribution in [2.75, 3.05) is 21.1 Å². The predicted octanol–water partition coefficient (Wildman–Crippen LogP) is 2.03. The van der Waals surface area contributed by atoms with E-state index >= 15 is 0 Å². The summed E-state index contributed by atoms with van der Waals surface area (Å²) in [6.45, 7) is 0. The molecule has 0 saturated heterocycles. The van der Waals surface area contributed by atoms with Crippen LogP contribution in [0.1, 0.15) is 11.1 Å². The van der Waals surface area contributed by atoms with E-state index in [0.717, 1.165) is 12.8 Å². The van der Waals surface area contributed by atoms with Gasteiger partial charge in [-0.2, -0.15) is 0 Å². The Morgan fingerprint density at radius 2 is 1.81 bits per heavy atom. The van der Waals surface area contributed by atoms with E-state index in [4.69, 9.17) is 0 Å². The van der Waals surface area contributed by atoms with Gasteiger partial charge in [0.05, 0.1) is 0 Å². The number of likely N-dealkylation sites (N-methyl/N-ethyl adjacent to an activating group) is 1. The zero-order chi connectivity index (χ0) is 11.5. The maximum atomic E-state index is 4.21. The fraction of sp³-hybridized carbons (Fsp3) is 0.500. The number of hydrogen-bond acceptors (Lipinski definition) is 2. The maximum Gasteiger partial charge on any atom is 0.0273 e. The molecule has 1 aliphatic carbocycles. The normalized spacial score (nSPS) is 25.0. The fourth-order valence-electron chi connectivity index (χ4n) is 2.63. The lowest BCUT2D eigenvalue weighted by Crippen LogP contribution is -2.41. The number of nitrogens with zero attached hydrogens (tertiary/aromatic N) is 2. The molecule has 86 valence electrons. The smallest absolute Gasteiger partial charge is 0.0273 e. The molecule has 0 aromatic heterocycles. The average Bonchev–Trinajstić information content (AvgIpc) is 2.28. The Bertz CT molecular complexity index is 382. The van der Waals surface area contributed by atoms with Crippen LogP contribution in [0.5, 0.6) is 0 Å². The highest BCUT2D eigenvalue weighted by atomic mass is 15.1. The van der Waals surface area contributed by atoms with Crippen LogP contribution in [-0.4, -0.2) is 38.3 Å². The van der Waals surface area contributed by atoms with E-state index in [1.54, 1.807) is 0 Å². The highest BCUT2D eigenvalue weighted by molar-refractivity contribution is 5.63. The van der Waals surface area contributed by atoms with Crippen molar-refractivity contribution in [3.8, 4) is 0 Å². The molecule has 2 rings (SSSR count). The number of benzene rings is 1. The lowest BCUT2D eigenvalue weighted by atomic mass is 9.80. The van der Waals surface area contributed by atoms with Gasteiger partial charge < -0.3 is 9.89 Å². The van der Waals surface area contributed by atoms with Crippen molar-refractivity contribution in [3.05, 3.63) is 35.4 Å². The maximum absolute atomic E-state index is 4.21. The van der Waals surface area contributed by atoms with Crippen LogP contribution in [0, 0.1) is 5.92 Å². The van der Waals surface area contributed by atoms with Crippen molar-refractivity contribution < 1.29 is 0 Å². The van der Waals surface area contributed by atoms with Crippen LogP contribution < -0.4 is 0 Å². The number of aliphatic imine (C=N–C) groups is 1. The summed E-state index contributed by atoms with van der Waals surface area (Å²) in [4.78, 5) is 6.53. The minimum Gasteiger partial charge on any atom is -0.305 e. The van der Waals surface area contributed by atoms with Gasteiger partial charge in [0, 0.05) is 25.2 Å². The number of rotatable bonds is 2. The standard InChI is InChI=1S/C14H20N2/c1-15-10-13-8-11-6-4-5-7-12(11)9-14(13)16(2)3/h4-7,10,13-14H,8-9H2,1-3H3/t13?,14-/m0/s1. The molecule has 2 nitrogen and oxygen atoms in total. The van der Waals surface area contributed by atoms with Crippen molar-refractivity contribution >= 4 is 6.21 Å². The summed E-state index contributed by atoms with van der Waals surface area (Å²) in [6, 6.07) is 9.36. The third kappa shape index (κ3) is 2.17. The Kier molecular flexibility index (Phi) is 3.39. The van der Waals surface area contributed by atoms with Crippen LogP contribution in [-0.2, 0) is 12.8 Å². The zero-order valence-corrected chi connectivity index (χ0v) is 10.4. The average molecular weight is 216 g/mol. The van der Waals surface area contributed by atoms with Crippen molar-refractivity contribution in [1.29, 1.82) is 0 Å². The minimum absolute atomic E-state index is 0.551. The topological polar surface area (TPSA) is 15.6 Å². The van der Waals surface area contributed by atoms with Crippen LogP contribution in [0.15, 0.2) is 29.3 Å².